The molecule has 8 heteroatoms. The number of amides is 2. The molecule has 0 atom stereocenters. The lowest BCUT2D eigenvalue weighted by Gasteiger charge is -2.26. The molecule has 5 rings (SSSR count). The molecule has 1 aliphatic rings. The summed E-state index contributed by atoms with van der Waals surface area (Å²) in [6, 6.07) is 13.7. The van der Waals surface area contributed by atoms with Gasteiger partial charge in [0.05, 0.1) is 17.8 Å². The minimum atomic E-state index is -0.141. The summed E-state index contributed by atoms with van der Waals surface area (Å²) in [5.74, 6) is 0.363. The molecule has 32 heavy (non-hydrogen) atoms. The first-order valence-electron chi connectivity index (χ1n) is 10.4. The summed E-state index contributed by atoms with van der Waals surface area (Å²) in [5.41, 5.74) is 5.38. The van der Waals surface area contributed by atoms with Crippen LogP contribution in [0.25, 0.3) is 16.2 Å². The summed E-state index contributed by atoms with van der Waals surface area (Å²) >= 11 is 1.52. The lowest BCUT2D eigenvalue weighted by Crippen LogP contribution is -2.35. The zero-order valence-electron chi connectivity index (χ0n) is 17.8. The maximum Gasteiger partial charge on any atom is 0.264 e. The van der Waals surface area contributed by atoms with Crippen molar-refractivity contribution in [1.29, 1.82) is 0 Å². The van der Waals surface area contributed by atoms with E-state index in [1.807, 2.05) is 16.0 Å². The van der Waals surface area contributed by atoms with E-state index in [-0.39, 0.29) is 24.8 Å². The first kappa shape index (κ1) is 20.3. The van der Waals surface area contributed by atoms with E-state index >= 15 is 0 Å². The van der Waals surface area contributed by atoms with Crippen molar-refractivity contribution in [3.05, 3.63) is 65.3 Å². The lowest BCUT2D eigenvalue weighted by molar-refractivity contribution is -0.121. The third-order valence-electron chi connectivity index (χ3n) is 5.61. The van der Waals surface area contributed by atoms with E-state index in [0.717, 1.165) is 28.3 Å². The van der Waals surface area contributed by atoms with Crippen molar-refractivity contribution in [3.8, 4) is 17.0 Å². The van der Waals surface area contributed by atoms with E-state index < -0.39 is 0 Å². The van der Waals surface area contributed by atoms with Crippen molar-refractivity contribution in [2.45, 2.75) is 19.8 Å². The average molecular weight is 447 g/mol. The van der Waals surface area contributed by atoms with E-state index in [9.17, 15) is 9.59 Å². The molecule has 0 saturated carbocycles. The Morgan fingerprint density at radius 3 is 2.81 bits per heavy atom. The van der Waals surface area contributed by atoms with Crippen LogP contribution in [0.5, 0.6) is 5.75 Å². The van der Waals surface area contributed by atoms with Gasteiger partial charge in [0.2, 0.25) is 5.91 Å². The topological polar surface area (TPSA) is 75.9 Å². The fourth-order valence-corrected chi connectivity index (χ4v) is 4.60. The minimum absolute atomic E-state index is 0.0268. The molecular formula is C24H22N4O3S. The molecule has 162 valence electrons. The summed E-state index contributed by atoms with van der Waals surface area (Å²) in [7, 11) is 1.70. The smallest absolute Gasteiger partial charge is 0.264 e. The predicted molar refractivity (Wildman–Crippen MR) is 126 cm³/mol. The van der Waals surface area contributed by atoms with E-state index in [4.69, 9.17) is 9.72 Å². The molecule has 2 aromatic heterocycles. The number of aryl methyl sites for hydroxylation is 1. The molecule has 2 amide bonds. The Morgan fingerprint density at radius 1 is 1.22 bits per heavy atom. The molecule has 3 heterocycles. The van der Waals surface area contributed by atoms with Crippen molar-refractivity contribution >= 4 is 39.5 Å². The molecule has 0 saturated heterocycles. The van der Waals surface area contributed by atoms with E-state index in [1.54, 1.807) is 25.2 Å². The number of likely N-dealkylation sites (N-methyl/N-ethyl adjacent to an activating group) is 1. The van der Waals surface area contributed by atoms with Crippen LogP contribution in [0.1, 0.15) is 18.2 Å². The predicted octanol–water partition coefficient (Wildman–Crippen LogP) is 4.16. The van der Waals surface area contributed by atoms with Crippen molar-refractivity contribution in [1.82, 2.24) is 9.38 Å². The zero-order valence-corrected chi connectivity index (χ0v) is 18.6. The third-order valence-corrected chi connectivity index (χ3v) is 6.50. The normalized spacial score (nSPS) is 13.2. The lowest BCUT2D eigenvalue weighted by atomic mass is 10.1. The molecule has 4 aromatic rings. The highest BCUT2D eigenvalue weighted by molar-refractivity contribution is 7.15. The maximum atomic E-state index is 12.7. The number of hydrogen-bond acceptors (Lipinski definition) is 5. The van der Waals surface area contributed by atoms with Gasteiger partial charge in [-0.1, -0.05) is 31.2 Å². The van der Waals surface area contributed by atoms with Gasteiger partial charge >= 0.3 is 0 Å². The summed E-state index contributed by atoms with van der Waals surface area (Å²) in [5, 5.41) is 4.88. The number of rotatable bonds is 5. The number of hydrogen-bond donors (Lipinski definition) is 1. The molecule has 0 bridgehead atoms. The minimum Gasteiger partial charge on any atom is -0.482 e. The fourth-order valence-electron chi connectivity index (χ4n) is 3.73. The SMILES string of the molecule is CCc1ccc(-c2cn3c(CC(=O)Nc4ccc5c(c4)N(C)C(=O)CO5)csc3n2)cc1. The number of benzene rings is 2. The van der Waals surface area contributed by atoms with Gasteiger partial charge in [-0.3, -0.25) is 14.0 Å². The number of anilines is 2. The Balaban J connectivity index is 1.33. The largest absolute Gasteiger partial charge is 0.482 e. The standard InChI is InChI=1S/C24H22N4O3S/c1-3-15-4-6-16(7-5-15)19-12-28-18(14-32-24(28)26-19)11-22(29)25-17-8-9-21-20(10-17)27(2)23(30)13-31-21/h4-10,12,14H,3,11,13H2,1-2H3,(H,25,29). The summed E-state index contributed by atoms with van der Waals surface area (Å²) in [6.07, 6.45) is 3.20. The summed E-state index contributed by atoms with van der Waals surface area (Å²) in [4.78, 5) is 31.7. The van der Waals surface area contributed by atoms with Crippen molar-refractivity contribution in [3.63, 3.8) is 0 Å². The first-order chi connectivity index (χ1) is 15.5. The molecule has 0 radical (unpaired) electrons. The second-order valence-corrected chi connectivity index (χ2v) is 8.54. The number of nitrogens with zero attached hydrogens (tertiary/aromatic N) is 3. The van der Waals surface area contributed by atoms with Gasteiger partial charge in [-0.15, -0.1) is 11.3 Å². The highest BCUT2D eigenvalue weighted by Gasteiger charge is 2.22. The molecule has 1 aliphatic heterocycles. The summed E-state index contributed by atoms with van der Waals surface area (Å²) in [6.45, 7) is 2.16. The van der Waals surface area contributed by atoms with Crippen LogP contribution < -0.4 is 15.0 Å². The number of carbonyl (C=O) groups is 2. The highest BCUT2D eigenvalue weighted by atomic mass is 32.1. The zero-order chi connectivity index (χ0) is 22.2. The van der Waals surface area contributed by atoms with E-state index in [0.29, 0.717) is 17.1 Å². The molecule has 0 spiro atoms. The molecule has 0 aliphatic carbocycles. The van der Waals surface area contributed by atoms with Crippen LogP contribution in [-0.4, -0.2) is 34.9 Å². The van der Waals surface area contributed by atoms with E-state index in [1.165, 1.54) is 21.8 Å². The number of fused-ring (bicyclic) bond motifs is 2. The fraction of sp³-hybridized carbons (Fsp3) is 0.208. The Labute approximate surface area is 189 Å². The maximum absolute atomic E-state index is 12.7. The Kier molecular flexibility index (Phi) is 5.14. The Bertz CT molecular complexity index is 1320. The number of thiazole rings is 1. The van der Waals surface area contributed by atoms with Crippen LogP contribution in [0.2, 0.25) is 0 Å². The number of carbonyl (C=O) groups excluding carboxylic acids is 2. The van der Waals surface area contributed by atoms with Gasteiger partial charge in [-0.05, 0) is 30.2 Å². The van der Waals surface area contributed by atoms with Gasteiger partial charge in [0.15, 0.2) is 11.6 Å². The molecule has 0 unspecified atom stereocenters. The second-order valence-electron chi connectivity index (χ2n) is 7.71. The van der Waals surface area contributed by atoms with Crippen LogP contribution in [-0.2, 0) is 22.4 Å². The first-order valence-corrected chi connectivity index (χ1v) is 11.3. The van der Waals surface area contributed by atoms with Crippen LogP contribution >= 0.6 is 11.3 Å². The van der Waals surface area contributed by atoms with Crippen molar-refractivity contribution in [2.24, 2.45) is 0 Å². The number of aromatic nitrogens is 2. The molecule has 0 fully saturated rings. The molecule has 2 aromatic carbocycles. The Hall–Kier alpha value is -3.65. The highest BCUT2D eigenvalue weighted by Crippen LogP contribution is 2.33. The summed E-state index contributed by atoms with van der Waals surface area (Å²) < 4.78 is 7.41. The van der Waals surface area contributed by atoms with Crippen molar-refractivity contribution in [2.75, 3.05) is 23.9 Å². The van der Waals surface area contributed by atoms with Crippen LogP contribution in [0, 0.1) is 0 Å². The van der Waals surface area contributed by atoms with E-state index in [2.05, 4.69) is 36.5 Å². The third kappa shape index (κ3) is 3.73. The number of ether oxygens (including phenoxy) is 1. The van der Waals surface area contributed by atoms with Gasteiger partial charge in [0, 0.05) is 35.6 Å². The molecule has 1 N–H and O–H groups in total. The second kappa shape index (κ2) is 8.12. The van der Waals surface area contributed by atoms with Crippen LogP contribution in [0.3, 0.4) is 0 Å². The van der Waals surface area contributed by atoms with Gasteiger partial charge in [0.25, 0.3) is 5.91 Å². The Morgan fingerprint density at radius 2 is 2.03 bits per heavy atom. The monoisotopic (exact) mass is 446 g/mol. The van der Waals surface area contributed by atoms with Crippen molar-refractivity contribution < 1.29 is 14.3 Å². The van der Waals surface area contributed by atoms with Gasteiger partial charge < -0.3 is 15.0 Å². The van der Waals surface area contributed by atoms with Crippen LogP contribution in [0.15, 0.2) is 54.0 Å². The number of imidazole rings is 1. The van der Waals surface area contributed by atoms with Crippen LogP contribution in [0.4, 0.5) is 11.4 Å². The van der Waals surface area contributed by atoms with Gasteiger partial charge in [-0.2, -0.15) is 0 Å². The molecule has 7 nitrogen and oxygen atoms in total. The quantitative estimate of drug-likeness (QED) is 0.499. The number of nitrogens with one attached hydrogen (secondary N) is 1. The average Bonchev–Trinajstić information content (AvgIpc) is 3.39. The molecular weight excluding hydrogens is 424 g/mol. The van der Waals surface area contributed by atoms with Gasteiger partial charge in [-0.25, -0.2) is 4.98 Å². The van der Waals surface area contributed by atoms with Gasteiger partial charge in [0.1, 0.15) is 5.75 Å².